The maximum absolute atomic E-state index is 13.7. The van der Waals surface area contributed by atoms with Gasteiger partial charge in [0, 0.05) is 6.07 Å². The van der Waals surface area contributed by atoms with E-state index in [1.165, 1.54) is 12.1 Å². The van der Waals surface area contributed by atoms with Crippen LogP contribution in [0.5, 0.6) is 5.75 Å². The van der Waals surface area contributed by atoms with E-state index in [9.17, 15) is 8.78 Å². The first-order valence-electron chi connectivity index (χ1n) is 5.83. The number of aromatic nitrogens is 1. The Bertz CT molecular complexity index is 547. The second kappa shape index (κ2) is 5.79. The lowest BCUT2D eigenvalue weighted by Crippen LogP contribution is -2.05. The predicted molar refractivity (Wildman–Crippen MR) is 64.7 cm³/mol. The maximum Gasteiger partial charge on any atom is 0.191 e. The number of aryl methyl sites for hydroxylation is 1. The van der Waals surface area contributed by atoms with Gasteiger partial charge in [0.15, 0.2) is 23.1 Å². The molecule has 0 bridgehead atoms. The van der Waals surface area contributed by atoms with Crippen LogP contribution in [-0.4, -0.2) is 11.7 Å². The number of benzene rings is 1. The SMILES string of the molecule is Cc1cc(COc2c(F)cc(CCN)cc2F)on1. The molecule has 0 fully saturated rings. The average Bonchev–Trinajstić information content (AvgIpc) is 2.74. The minimum Gasteiger partial charge on any atom is -0.479 e. The number of nitrogens with two attached hydrogens (primary N) is 1. The van der Waals surface area contributed by atoms with E-state index < -0.39 is 17.4 Å². The summed E-state index contributed by atoms with van der Waals surface area (Å²) in [5.74, 6) is -1.52. The Morgan fingerprint density at radius 3 is 2.47 bits per heavy atom. The molecule has 1 heterocycles. The van der Waals surface area contributed by atoms with Gasteiger partial charge in [0.05, 0.1) is 5.69 Å². The number of hydrogen-bond donors (Lipinski definition) is 1. The van der Waals surface area contributed by atoms with Crippen molar-refractivity contribution in [3.05, 3.63) is 46.9 Å². The molecule has 2 aromatic rings. The molecule has 19 heavy (non-hydrogen) atoms. The summed E-state index contributed by atoms with van der Waals surface area (Å²) in [6.45, 7) is 2.00. The summed E-state index contributed by atoms with van der Waals surface area (Å²) in [4.78, 5) is 0. The van der Waals surface area contributed by atoms with Gasteiger partial charge in [0.1, 0.15) is 6.61 Å². The molecule has 6 heteroatoms. The minimum absolute atomic E-state index is 0.0785. The van der Waals surface area contributed by atoms with Crippen molar-refractivity contribution in [2.45, 2.75) is 20.0 Å². The van der Waals surface area contributed by atoms with Gasteiger partial charge in [-0.1, -0.05) is 5.16 Å². The van der Waals surface area contributed by atoms with Crippen LogP contribution in [0.25, 0.3) is 0 Å². The lowest BCUT2D eigenvalue weighted by molar-refractivity contribution is 0.230. The van der Waals surface area contributed by atoms with Crippen molar-refractivity contribution in [2.75, 3.05) is 6.54 Å². The van der Waals surface area contributed by atoms with E-state index in [1.807, 2.05) is 0 Å². The van der Waals surface area contributed by atoms with Crippen LogP contribution in [0.3, 0.4) is 0 Å². The minimum atomic E-state index is -0.750. The average molecular weight is 268 g/mol. The zero-order valence-electron chi connectivity index (χ0n) is 10.5. The Kier molecular flexibility index (Phi) is 4.11. The fourth-order valence-electron chi connectivity index (χ4n) is 1.69. The van der Waals surface area contributed by atoms with Crippen LogP contribution >= 0.6 is 0 Å². The van der Waals surface area contributed by atoms with Crippen LogP contribution in [0.15, 0.2) is 22.7 Å². The van der Waals surface area contributed by atoms with Crippen molar-refractivity contribution in [3.8, 4) is 5.75 Å². The Morgan fingerprint density at radius 2 is 1.95 bits per heavy atom. The molecule has 0 aliphatic rings. The highest BCUT2D eigenvalue weighted by atomic mass is 19.1. The summed E-state index contributed by atoms with van der Waals surface area (Å²) < 4.78 is 37.4. The van der Waals surface area contributed by atoms with Crippen LogP contribution in [0.4, 0.5) is 8.78 Å². The number of ether oxygens (including phenoxy) is 1. The molecular formula is C13H14F2N2O2. The van der Waals surface area contributed by atoms with Crippen molar-refractivity contribution >= 4 is 0 Å². The number of nitrogens with zero attached hydrogens (tertiary/aromatic N) is 1. The van der Waals surface area contributed by atoms with Gasteiger partial charge in [0.2, 0.25) is 0 Å². The molecule has 4 nitrogen and oxygen atoms in total. The van der Waals surface area contributed by atoms with Gasteiger partial charge < -0.3 is 15.0 Å². The summed E-state index contributed by atoms with van der Waals surface area (Å²) in [6, 6.07) is 4.08. The molecule has 102 valence electrons. The van der Waals surface area contributed by atoms with Crippen LogP contribution in [-0.2, 0) is 13.0 Å². The highest BCUT2D eigenvalue weighted by molar-refractivity contribution is 5.31. The normalized spacial score (nSPS) is 10.7. The first-order chi connectivity index (χ1) is 9.10. The topological polar surface area (TPSA) is 61.3 Å². The molecule has 0 saturated heterocycles. The van der Waals surface area contributed by atoms with Gasteiger partial charge in [0.25, 0.3) is 0 Å². The molecule has 0 aliphatic carbocycles. The molecule has 1 aromatic heterocycles. The van der Waals surface area contributed by atoms with Crippen molar-refractivity contribution in [2.24, 2.45) is 5.73 Å². The zero-order valence-corrected chi connectivity index (χ0v) is 10.5. The molecule has 0 spiro atoms. The lowest BCUT2D eigenvalue weighted by atomic mass is 10.1. The van der Waals surface area contributed by atoms with Crippen LogP contribution < -0.4 is 10.5 Å². The van der Waals surface area contributed by atoms with Crippen molar-refractivity contribution in [3.63, 3.8) is 0 Å². The summed E-state index contributed by atoms with van der Waals surface area (Å²) in [5, 5.41) is 3.66. The first kappa shape index (κ1) is 13.5. The van der Waals surface area contributed by atoms with E-state index in [1.54, 1.807) is 13.0 Å². The lowest BCUT2D eigenvalue weighted by Gasteiger charge is -2.08. The Labute approximate surface area is 109 Å². The standard InChI is InChI=1S/C13H14F2N2O2/c1-8-4-10(19-17-8)7-18-13-11(14)5-9(2-3-16)6-12(13)15/h4-6H,2-3,7,16H2,1H3. The molecule has 0 saturated carbocycles. The van der Waals surface area contributed by atoms with Crippen LogP contribution in [0, 0.1) is 18.6 Å². The summed E-state index contributed by atoms with van der Waals surface area (Å²) in [7, 11) is 0. The smallest absolute Gasteiger partial charge is 0.191 e. The molecule has 0 radical (unpaired) electrons. The van der Waals surface area contributed by atoms with Gasteiger partial charge in [-0.05, 0) is 37.6 Å². The highest BCUT2D eigenvalue weighted by Gasteiger charge is 2.13. The van der Waals surface area contributed by atoms with Crippen LogP contribution in [0.2, 0.25) is 0 Å². The highest BCUT2D eigenvalue weighted by Crippen LogP contribution is 2.24. The summed E-state index contributed by atoms with van der Waals surface area (Å²) in [5.41, 5.74) is 6.52. The molecule has 1 aromatic carbocycles. The van der Waals surface area contributed by atoms with Gasteiger partial charge >= 0.3 is 0 Å². The van der Waals surface area contributed by atoms with E-state index in [0.29, 0.717) is 30.0 Å². The molecule has 0 atom stereocenters. The zero-order chi connectivity index (χ0) is 13.8. The van der Waals surface area contributed by atoms with E-state index >= 15 is 0 Å². The van der Waals surface area contributed by atoms with Gasteiger partial charge in [-0.15, -0.1) is 0 Å². The Balaban J connectivity index is 2.11. The van der Waals surface area contributed by atoms with Crippen LogP contribution in [0.1, 0.15) is 17.0 Å². The number of halogens is 2. The molecule has 0 unspecified atom stereocenters. The van der Waals surface area contributed by atoms with E-state index in [0.717, 1.165) is 0 Å². The molecule has 2 rings (SSSR count). The fourth-order valence-corrected chi connectivity index (χ4v) is 1.69. The third-order valence-electron chi connectivity index (χ3n) is 2.53. The Hall–Kier alpha value is -1.95. The van der Waals surface area contributed by atoms with Crippen molar-refractivity contribution < 1.29 is 18.0 Å². The molecule has 0 aliphatic heterocycles. The van der Waals surface area contributed by atoms with Crippen molar-refractivity contribution in [1.29, 1.82) is 0 Å². The Morgan fingerprint density at radius 1 is 1.26 bits per heavy atom. The van der Waals surface area contributed by atoms with E-state index in [2.05, 4.69) is 5.16 Å². The fraction of sp³-hybridized carbons (Fsp3) is 0.308. The number of hydrogen-bond acceptors (Lipinski definition) is 4. The largest absolute Gasteiger partial charge is 0.479 e. The van der Waals surface area contributed by atoms with Crippen molar-refractivity contribution in [1.82, 2.24) is 5.16 Å². The first-order valence-corrected chi connectivity index (χ1v) is 5.83. The second-order valence-electron chi connectivity index (χ2n) is 4.15. The molecule has 2 N–H and O–H groups in total. The monoisotopic (exact) mass is 268 g/mol. The van der Waals surface area contributed by atoms with Gasteiger partial charge in [-0.25, -0.2) is 8.78 Å². The molecule has 0 amide bonds. The third kappa shape index (κ3) is 3.29. The summed E-state index contributed by atoms with van der Waals surface area (Å²) >= 11 is 0. The van der Waals surface area contributed by atoms with E-state index in [4.69, 9.17) is 15.0 Å². The third-order valence-corrected chi connectivity index (χ3v) is 2.53. The predicted octanol–water partition coefficient (Wildman–Crippen LogP) is 2.34. The summed E-state index contributed by atoms with van der Waals surface area (Å²) in [6.07, 6.45) is 0.412. The quantitative estimate of drug-likeness (QED) is 0.904. The van der Waals surface area contributed by atoms with E-state index in [-0.39, 0.29) is 6.61 Å². The maximum atomic E-state index is 13.7. The molecular weight excluding hydrogens is 254 g/mol. The second-order valence-corrected chi connectivity index (χ2v) is 4.15. The van der Waals surface area contributed by atoms with Gasteiger partial charge in [-0.2, -0.15) is 0 Å². The number of rotatable bonds is 5. The van der Waals surface area contributed by atoms with Gasteiger partial charge in [-0.3, -0.25) is 0 Å².